The number of rotatable bonds is 7. The van der Waals surface area contributed by atoms with Crippen LogP contribution in [0.25, 0.3) is 0 Å². The lowest BCUT2D eigenvalue weighted by atomic mass is 9.95. The van der Waals surface area contributed by atoms with Crippen molar-refractivity contribution >= 4 is 0 Å². The van der Waals surface area contributed by atoms with E-state index < -0.39 is 0 Å². The zero-order valence-corrected chi connectivity index (χ0v) is 11.9. The van der Waals surface area contributed by atoms with Gasteiger partial charge >= 0.3 is 0 Å². The Morgan fingerprint density at radius 1 is 1.30 bits per heavy atom. The van der Waals surface area contributed by atoms with E-state index in [1.165, 1.54) is 16.9 Å². The van der Waals surface area contributed by atoms with Gasteiger partial charge in [-0.05, 0) is 35.9 Å². The summed E-state index contributed by atoms with van der Waals surface area (Å²) in [6.45, 7) is 3.91. The first-order chi connectivity index (χ1) is 9.69. The van der Waals surface area contributed by atoms with Crippen LogP contribution in [0.4, 0.5) is 4.39 Å². The van der Waals surface area contributed by atoms with Gasteiger partial charge in [-0.1, -0.05) is 19.1 Å². The van der Waals surface area contributed by atoms with Gasteiger partial charge in [-0.25, -0.2) is 4.39 Å². The number of nitrogens with zero attached hydrogens (tertiary/aromatic N) is 4. The van der Waals surface area contributed by atoms with Gasteiger partial charge in [0, 0.05) is 18.9 Å². The monoisotopic (exact) mass is 277 g/mol. The molecule has 1 N–H and O–H groups in total. The minimum Gasteiger partial charge on any atom is -0.316 e. The second-order valence-electron chi connectivity index (χ2n) is 4.85. The molecular formula is C14H20FN5. The number of nitrogens with one attached hydrogen (secondary N) is 1. The molecule has 0 saturated heterocycles. The van der Waals surface area contributed by atoms with E-state index in [0.717, 1.165) is 25.1 Å². The van der Waals surface area contributed by atoms with E-state index in [9.17, 15) is 4.39 Å². The van der Waals surface area contributed by atoms with Crippen LogP contribution in [0.5, 0.6) is 0 Å². The second kappa shape index (κ2) is 7.09. The van der Waals surface area contributed by atoms with Gasteiger partial charge in [0.25, 0.3) is 0 Å². The van der Waals surface area contributed by atoms with E-state index in [4.69, 9.17) is 0 Å². The summed E-state index contributed by atoms with van der Waals surface area (Å²) in [6, 6.07) is 6.63. The molecule has 1 heterocycles. The van der Waals surface area contributed by atoms with Crippen molar-refractivity contribution in [3.8, 4) is 0 Å². The third-order valence-corrected chi connectivity index (χ3v) is 3.14. The fourth-order valence-corrected chi connectivity index (χ4v) is 2.12. The number of hydrogen-bond acceptors (Lipinski definition) is 4. The zero-order valence-electron chi connectivity index (χ0n) is 11.9. The van der Waals surface area contributed by atoms with E-state index >= 15 is 0 Å². The fraction of sp³-hybridized carbons (Fsp3) is 0.500. The van der Waals surface area contributed by atoms with Crippen LogP contribution < -0.4 is 5.32 Å². The Bertz CT molecular complexity index is 523. The maximum Gasteiger partial charge on any atom is 0.175 e. The van der Waals surface area contributed by atoms with Crippen molar-refractivity contribution < 1.29 is 4.39 Å². The highest BCUT2D eigenvalue weighted by Gasteiger charge is 2.15. The summed E-state index contributed by atoms with van der Waals surface area (Å²) < 4.78 is 13.0. The molecule has 5 nitrogen and oxygen atoms in total. The van der Waals surface area contributed by atoms with Crippen LogP contribution in [-0.2, 0) is 13.5 Å². The summed E-state index contributed by atoms with van der Waals surface area (Å²) in [5, 5.41) is 15.5. The quantitative estimate of drug-likeness (QED) is 0.782. The van der Waals surface area contributed by atoms with Gasteiger partial charge in [-0.3, -0.25) is 0 Å². The van der Waals surface area contributed by atoms with Crippen LogP contribution in [0, 0.1) is 5.82 Å². The predicted octanol–water partition coefficient (Wildman–Crippen LogP) is 1.68. The molecule has 0 radical (unpaired) electrons. The lowest BCUT2D eigenvalue weighted by Crippen LogP contribution is -2.24. The summed E-state index contributed by atoms with van der Waals surface area (Å²) >= 11 is 0. The highest BCUT2D eigenvalue weighted by Crippen LogP contribution is 2.19. The molecule has 0 fully saturated rings. The van der Waals surface area contributed by atoms with E-state index in [0.29, 0.717) is 12.2 Å². The number of tetrazole rings is 1. The van der Waals surface area contributed by atoms with Gasteiger partial charge in [0.2, 0.25) is 0 Å². The molecule has 0 aliphatic rings. The molecule has 0 aliphatic carbocycles. The Kier molecular flexibility index (Phi) is 5.17. The predicted molar refractivity (Wildman–Crippen MR) is 74.8 cm³/mol. The standard InChI is InChI=1S/C14H20FN5/c1-3-8-16-10-12(9-14-17-19-20(2)18-14)11-4-6-13(15)7-5-11/h4-7,12,16H,3,8-10H2,1-2H3. The SMILES string of the molecule is CCCNCC(Cc1nnn(C)n1)c1ccc(F)cc1. The Morgan fingerprint density at radius 2 is 2.05 bits per heavy atom. The number of hydrogen-bond donors (Lipinski definition) is 1. The van der Waals surface area contributed by atoms with Gasteiger partial charge in [-0.15, -0.1) is 10.2 Å². The van der Waals surface area contributed by atoms with E-state index in [-0.39, 0.29) is 11.7 Å². The Balaban J connectivity index is 2.09. The van der Waals surface area contributed by atoms with Crippen LogP contribution >= 0.6 is 0 Å². The molecule has 1 unspecified atom stereocenters. The molecule has 0 aliphatic heterocycles. The second-order valence-corrected chi connectivity index (χ2v) is 4.85. The first-order valence-electron chi connectivity index (χ1n) is 6.88. The Morgan fingerprint density at radius 3 is 2.65 bits per heavy atom. The lowest BCUT2D eigenvalue weighted by Gasteiger charge is -2.16. The van der Waals surface area contributed by atoms with Crippen molar-refractivity contribution in [3.63, 3.8) is 0 Å². The summed E-state index contributed by atoms with van der Waals surface area (Å²) in [5.74, 6) is 0.707. The normalized spacial score (nSPS) is 12.6. The molecule has 0 amide bonds. The molecule has 0 saturated carbocycles. The van der Waals surface area contributed by atoms with E-state index in [1.807, 2.05) is 12.1 Å². The first-order valence-corrected chi connectivity index (χ1v) is 6.88. The molecule has 20 heavy (non-hydrogen) atoms. The van der Waals surface area contributed by atoms with Crippen molar-refractivity contribution in [2.75, 3.05) is 13.1 Å². The van der Waals surface area contributed by atoms with Crippen LogP contribution in [0.2, 0.25) is 0 Å². The fourth-order valence-electron chi connectivity index (χ4n) is 2.12. The van der Waals surface area contributed by atoms with Crippen LogP contribution in [-0.4, -0.2) is 33.3 Å². The molecule has 108 valence electrons. The summed E-state index contributed by atoms with van der Waals surface area (Å²) in [4.78, 5) is 1.45. The number of halogens is 1. The van der Waals surface area contributed by atoms with Crippen LogP contribution in [0.15, 0.2) is 24.3 Å². The number of benzene rings is 1. The molecule has 2 rings (SSSR count). The van der Waals surface area contributed by atoms with Gasteiger partial charge in [0.05, 0.1) is 7.05 Å². The number of aromatic nitrogens is 4. The maximum absolute atomic E-state index is 13.0. The maximum atomic E-state index is 13.0. The van der Waals surface area contributed by atoms with Gasteiger partial charge < -0.3 is 5.32 Å². The molecule has 2 aromatic rings. The van der Waals surface area contributed by atoms with E-state index in [1.54, 1.807) is 7.05 Å². The number of aryl methyl sites for hydroxylation is 1. The Hall–Kier alpha value is -1.82. The summed E-state index contributed by atoms with van der Waals surface area (Å²) in [6.07, 6.45) is 1.77. The lowest BCUT2D eigenvalue weighted by molar-refractivity contribution is 0.561. The largest absolute Gasteiger partial charge is 0.316 e. The minimum atomic E-state index is -0.216. The average molecular weight is 277 g/mol. The zero-order chi connectivity index (χ0) is 14.4. The van der Waals surface area contributed by atoms with E-state index in [2.05, 4.69) is 27.7 Å². The van der Waals surface area contributed by atoms with Crippen molar-refractivity contribution in [2.24, 2.45) is 7.05 Å². The topological polar surface area (TPSA) is 55.6 Å². The molecule has 1 atom stereocenters. The van der Waals surface area contributed by atoms with Gasteiger partial charge in [0.1, 0.15) is 5.82 Å². The third kappa shape index (κ3) is 4.09. The highest BCUT2D eigenvalue weighted by atomic mass is 19.1. The molecule has 0 bridgehead atoms. The Labute approximate surface area is 118 Å². The molecule has 1 aromatic carbocycles. The first kappa shape index (κ1) is 14.6. The average Bonchev–Trinajstić information content (AvgIpc) is 2.84. The molecule has 6 heteroatoms. The van der Waals surface area contributed by atoms with Crippen molar-refractivity contribution in [1.82, 2.24) is 25.5 Å². The smallest absolute Gasteiger partial charge is 0.175 e. The van der Waals surface area contributed by atoms with Crippen molar-refractivity contribution in [1.29, 1.82) is 0 Å². The molecule has 0 spiro atoms. The third-order valence-electron chi connectivity index (χ3n) is 3.14. The highest BCUT2D eigenvalue weighted by molar-refractivity contribution is 5.21. The van der Waals surface area contributed by atoms with Crippen LogP contribution in [0.1, 0.15) is 30.7 Å². The summed E-state index contributed by atoms with van der Waals surface area (Å²) in [7, 11) is 1.75. The van der Waals surface area contributed by atoms with Gasteiger partial charge in [-0.2, -0.15) is 4.80 Å². The molecule has 1 aromatic heterocycles. The van der Waals surface area contributed by atoms with Crippen molar-refractivity contribution in [3.05, 3.63) is 41.5 Å². The molecular weight excluding hydrogens is 257 g/mol. The van der Waals surface area contributed by atoms with Gasteiger partial charge in [0.15, 0.2) is 5.82 Å². The van der Waals surface area contributed by atoms with Crippen molar-refractivity contribution in [2.45, 2.75) is 25.7 Å². The van der Waals surface area contributed by atoms with Crippen LogP contribution in [0.3, 0.4) is 0 Å². The minimum absolute atomic E-state index is 0.214. The summed E-state index contributed by atoms with van der Waals surface area (Å²) in [5.41, 5.74) is 1.09.